The van der Waals surface area contributed by atoms with Crippen molar-refractivity contribution >= 4 is 16.5 Å². The summed E-state index contributed by atoms with van der Waals surface area (Å²) < 4.78 is 1.94. The highest BCUT2D eigenvalue weighted by Gasteiger charge is 2.02. The molecule has 0 atom stereocenters. The van der Waals surface area contributed by atoms with Gasteiger partial charge in [-0.1, -0.05) is 0 Å². The molecule has 0 fully saturated rings. The lowest BCUT2D eigenvalue weighted by Crippen LogP contribution is -1.98. The van der Waals surface area contributed by atoms with E-state index in [1.807, 2.05) is 17.0 Å². The van der Waals surface area contributed by atoms with E-state index in [0.29, 0.717) is 5.13 Å². The van der Waals surface area contributed by atoms with Gasteiger partial charge in [-0.25, -0.2) is 4.98 Å². The zero-order valence-electron chi connectivity index (χ0n) is 8.55. The van der Waals surface area contributed by atoms with Gasteiger partial charge in [-0.2, -0.15) is 0 Å². The summed E-state index contributed by atoms with van der Waals surface area (Å²) in [6, 6.07) is 0. The third kappa shape index (κ3) is 2.53. The molecule has 6 heteroatoms. The molecule has 0 aromatic carbocycles. The van der Waals surface area contributed by atoms with Crippen LogP contribution in [0.25, 0.3) is 0 Å². The van der Waals surface area contributed by atoms with Crippen LogP contribution in [0.5, 0.6) is 0 Å². The maximum Gasteiger partial charge on any atom is 0.180 e. The maximum atomic E-state index is 5.55. The minimum absolute atomic E-state index is 0.642. The zero-order chi connectivity index (χ0) is 10.7. The van der Waals surface area contributed by atoms with Crippen LogP contribution >= 0.6 is 11.3 Å². The van der Waals surface area contributed by atoms with Crippen molar-refractivity contribution in [3.05, 3.63) is 23.2 Å². The number of nitrogens with two attached hydrogens (primary N) is 1. The normalized spacial score (nSPS) is 10.7. The molecule has 80 valence electrons. The van der Waals surface area contributed by atoms with Crippen molar-refractivity contribution in [3.8, 4) is 0 Å². The van der Waals surface area contributed by atoms with Crippen LogP contribution in [-0.2, 0) is 19.9 Å². The van der Waals surface area contributed by atoms with Gasteiger partial charge in [0, 0.05) is 18.8 Å². The van der Waals surface area contributed by atoms with Crippen LogP contribution < -0.4 is 5.73 Å². The van der Waals surface area contributed by atoms with E-state index in [1.165, 1.54) is 11.3 Å². The number of aromatic nitrogens is 4. The Morgan fingerprint density at radius 3 is 2.93 bits per heavy atom. The molecule has 2 aromatic rings. The minimum atomic E-state index is 0.642. The standard InChI is InChI=1S/C9H13N5S/c1-14-6-11-13-8(14)4-2-3-7-5-15-9(10)12-7/h5-6H,2-4H2,1H3,(H2,10,12). The lowest BCUT2D eigenvalue weighted by Gasteiger charge is -1.98. The van der Waals surface area contributed by atoms with E-state index >= 15 is 0 Å². The van der Waals surface area contributed by atoms with E-state index in [9.17, 15) is 0 Å². The fourth-order valence-corrected chi connectivity index (χ4v) is 2.00. The summed E-state index contributed by atoms with van der Waals surface area (Å²) >= 11 is 1.49. The number of hydrogen-bond acceptors (Lipinski definition) is 5. The number of aryl methyl sites for hydroxylation is 3. The lowest BCUT2D eigenvalue weighted by molar-refractivity contribution is 0.716. The van der Waals surface area contributed by atoms with Crippen molar-refractivity contribution in [2.45, 2.75) is 19.3 Å². The largest absolute Gasteiger partial charge is 0.375 e. The summed E-state index contributed by atoms with van der Waals surface area (Å²) in [6.45, 7) is 0. The topological polar surface area (TPSA) is 69.6 Å². The predicted octanol–water partition coefficient (Wildman–Crippen LogP) is 1.03. The maximum absolute atomic E-state index is 5.55. The molecule has 0 unspecified atom stereocenters. The highest BCUT2D eigenvalue weighted by Crippen LogP contribution is 2.13. The van der Waals surface area contributed by atoms with E-state index in [2.05, 4.69) is 15.2 Å². The third-order valence-corrected chi connectivity index (χ3v) is 2.93. The number of hydrogen-bond donors (Lipinski definition) is 1. The van der Waals surface area contributed by atoms with Gasteiger partial charge in [0.1, 0.15) is 12.2 Å². The molecular weight excluding hydrogens is 210 g/mol. The van der Waals surface area contributed by atoms with Crippen molar-refractivity contribution in [1.29, 1.82) is 0 Å². The lowest BCUT2D eigenvalue weighted by atomic mass is 10.2. The quantitative estimate of drug-likeness (QED) is 0.840. The molecule has 5 nitrogen and oxygen atoms in total. The Kier molecular flexibility index (Phi) is 2.96. The average Bonchev–Trinajstić information content (AvgIpc) is 2.77. The molecule has 0 radical (unpaired) electrons. The third-order valence-electron chi connectivity index (χ3n) is 2.21. The van der Waals surface area contributed by atoms with Crippen LogP contribution in [0.4, 0.5) is 5.13 Å². The summed E-state index contributed by atoms with van der Waals surface area (Å²) in [5, 5.41) is 10.5. The Morgan fingerprint density at radius 2 is 2.33 bits per heavy atom. The average molecular weight is 223 g/mol. The smallest absolute Gasteiger partial charge is 0.180 e. The van der Waals surface area contributed by atoms with Crippen LogP contribution in [0.1, 0.15) is 17.9 Å². The van der Waals surface area contributed by atoms with Gasteiger partial charge in [0.15, 0.2) is 5.13 Å². The van der Waals surface area contributed by atoms with Gasteiger partial charge in [0.25, 0.3) is 0 Å². The van der Waals surface area contributed by atoms with Gasteiger partial charge in [-0.3, -0.25) is 0 Å². The summed E-state index contributed by atoms with van der Waals surface area (Å²) in [7, 11) is 1.95. The molecule has 0 amide bonds. The van der Waals surface area contributed by atoms with Crippen LogP contribution in [0.3, 0.4) is 0 Å². The highest BCUT2D eigenvalue weighted by molar-refractivity contribution is 7.13. The summed E-state index contributed by atoms with van der Waals surface area (Å²) in [4.78, 5) is 4.21. The molecule has 0 aliphatic carbocycles. The predicted molar refractivity (Wildman–Crippen MR) is 59.6 cm³/mol. The molecule has 2 N–H and O–H groups in total. The Hall–Kier alpha value is -1.43. The van der Waals surface area contributed by atoms with E-state index in [4.69, 9.17) is 5.73 Å². The van der Waals surface area contributed by atoms with Crippen LogP contribution in [-0.4, -0.2) is 19.7 Å². The Bertz CT molecular complexity index is 433. The number of thiazole rings is 1. The van der Waals surface area contributed by atoms with Crippen molar-refractivity contribution in [2.24, 2.45) is 7.05 Å². The first kappa shape index (κ1) is 10.1. The van der Waals surface area contributed by atoms with E-state index in [0.717, 1.165) is 30.8 Å². The Morgan fingerprint density at radius 1 is 1.47 bits per heavy atom. The summed E-state index contributed by atoms with van der Waals surface area (Å²) in [5.74, 6) is 1.01. The first-order valence-corrected chi connectivity index (χ1v) is 5.66. The van der Waals surface area contributed by atoms with Crippen LogP contribution in [0.15, 0.2) is 11.7 Å². The minimum Gasteiger partial charge on any atom is -0.375 e. The van der Waals surface area contributed by atoms with Crippen LogP contribution in [0.2, 0.25) is 0 Å². The monoisotopic (exact) mass is 223 g/mol. The summed E-state index contributed by atoms with van der Waals surface area (Å²) in [5.41, 5.74) is 6.62. The summed E-state index contributed by atoms with van der Waals surface area (Å²) in [6.07, 6.45) is 4.61. The van der Waals surface area contributed by atoms with Crippen molar-refractivity contribution in [3.63, 3.8) is 0 Å². The fourth-order valence-electron chi connectivity index (χ4n) is 1.40. The van der Waals surface area contributed by atoms with E-state index in [1.54, 1.807) is 6.33 Å². The molecule has 2 rings (SSSR count). The van der Waals surface area contributed by atoms with E-state index < -0.39 is 0 Å². The second-order valence-electron chi connectivity index (χ2n) is 3.39. The SMILES string of the molecule is Cn1cnnc1CCCc1csc(N)n1. The molecule has 0 aliphatic rings. The highest BCUT2D eigenvalue weighted by atomic mass is 32.1. The van der Waals surface area contributed by atoms with Crippen molar-refractivity contribution in [2.75, 3.05) is 5.73 Å². The number of anilines is 1. The zero-order valence-corrected chi connectivity index (χ0v) is 9.37. The molecule has 0 spiro atoms. The molecule has 15 heavy (non-hydrogen) atoms. The van der Waals surface area contributed by atoms with Crippen LogP contribution in [0, 0.1) is 0 Å². The number of nitrogen functional groups attached to an aromatic ring is 1. The Balaban J connectivity index is 1.83. The van der Waals surface area contributed by atoms with Crippen molar-refractivity contribution in [1.82, 2.24) is 19.7 Å². The van der Waals surface area contributed by atoms with Gasteiger partial charge in [-0.05, 0) is 12.8 Å². The number of nitrogens with zero attached hydrogens (tertiary/aromatic N) is 4. The second kappa shape index (κ2) is 4.39. The first-order valence-electron chi connectivity index (χ1n) is 4.78. The first-order chi connectivity index (χ1) is 7.25. The fraction of sp³-hybridized carbons (Fsp3) is 0.444. The molecule has 2 aromatic heterocycles. The van der Waals surface area contributed by atoms with E-state index in [-0.39, 0.29) is 0 Å². The Labute approximate surface area is 92.0 Å². The van der Waals surface area contributed by atoms with Crippen molar-refractivity contribution < 1.29 is 0 Å². The second-order valence-corrected chi connectivity index (χ2v) is 4.28. The van der Waals surface area contributed by atoms with Gasteiger partial charge in [0.2, 0.25) is 0 Å². The molecular formula is C9H13N5S. The molecule has 0 aliphatic heterocycles. The molecule has 2 heterocycles. The van der Waals surface area contributed by atoms with Gasteiger partial charge in [-0.15, -0.1) is 21.5 Å². The van der Waals surface area contributed by atoms with Gasteiger partial charge < -0.3 is 10.3 Å². The molecule has 0 saturated heterocycles. The van der Waals surface area contributed by atoms with Gasteiger partial charge >= 0.3 is 0 Å². The molecule has 0 bridgehead atoms. The van der Waals surface area contributed by atoms with Gasteiger partial charge in [0.05, 0.1) is 5.69 Å². The number of rotatable bonds is 4. The molecule has 0 saturated carbocycles.